The van der Waals surface area contributed by atoms with Gasteiger partial charge in [-0.3, -0.25) is 4.90 Å². The number of rotatable bonds is 3. The monoisotopic (exact) mass is 270 g/mol. The van der Waals surface area contributed by atoms with Gasteiger partial charge in [0.05, 0.1) is 0 Å². The first-order valence-electron chi connectivity index (χ1n) is 6.86. The van der Waals surface area contributed by atoms with Crippen LogP contribution in [-0.4, -0.2) is 60.0 Å². The van der Waals surface area contributed by atoms with Crippen LogP contribution in [0.25, 0.3) is 0 Å². The van der Waals surface area contributed by atoms with E-state index < -0.39 is 5.60 Å². The first kappa shape index (κ1) is 16.0. The van der Waals surface area contributed by atoms with Crippen molar-refractivity contribution in [1.29, 1.82) is 0 Å². The van der Waals surface area contributed by atoms with Gasteiger partial charge in [-0.05, 0) is 41.2 Å². The maximum Gasteiger partial charge on any atom is 0.410 e. The van der Waals surface area contributed by atoms with Crippen molar-refractivity contribution in [3.63, 3.8) is 0 Å². The van der Waals surface area contributed by atoms with Gasteiger partial charge in [-0.15, -0.1) is 0 Å². The number of carbonyl (C=O) groups is 2. The lowest BCUT2D eigenvalue weighted by Crippen LogP contribution is -2.54. The largest absolute Gasteiger partial charge is 0.444 e. The average molecular weight is 270 g/mol. The quantitative estimate of drug-likeness (QED) is 0.786. The Morgan fingerprint density at radius 2 is 1.89 bits per heavy atom. The van der Waals surface area contributed by atoms with Crippen LogP contribution in [0.5, 0.6) is 0 Å². The number of ketones is 1. The summed E-state index contributed by atoms with van der Waals surface area (Å²) < 4.78 is 5.39. The van der Waals surface area contributed by atoms with Crippen molar-refractivity contribution in [3.05, 3.63) is 0 Å². The fourth-order valence-electron chi connectivity index (χ4n) is 2.12. The van der Waals surface area contributed by atoms with Gasteiger partial charge >= 0.3 is 6.09 Å². The molecule has 5 nitrogen and oxygen atoms in total. The number of amides is 1. The molecule has 0 radical (unpaired) electrons. The molecule has 0 spiro atoms. The van der Waals surface area contributed by atoms with E-state index in [0.717, 1.165) is 13.0 Å². The lowest BCUT2D eigenvalue weighted by Gasteiger charge is -2.39. The van der Waals surface area contributed by atoms with Crippen molar-refractivity contribution in [3.8, 4) is 0 Å². The number of carbonyl (C=O) groups excluding carboxylic acids is 2. The molecule has 1 saturated heterocycles. The van der Waals surface area contributed by atoms with Crippen molar-refractivity contribution in [1.82, 2.24) is 9.80 Å². The number of hydrogen-bond acceptors (Lipinski definition) is 4. The van der Waals surface area contributed by atoms with E-state index in [2.05, 4.69) is 4.90 Å². The summed E-state index contributed by atoms with van der Waals surface area (Å²) in [4.78, 5) is 27.1. The zero-order chi connectivity index (χ0) is 14.6. The summed E-state index contributed by atoms with van der Waals surface area (Å²) in [6.07, 6.45) is 1.11. The Morgan fingerprint density at radius 1 is 1.26 bits per heavy atom. The molecule has 1 aliphatic rings. The highest BCUT2D eigenvalue weighted by atomic mass is 16.6. The van der Waals surface area contributed by atoms with Crippen LogP contribution < -0.4 is 0 Å². The number of likely N-dealkylation sites (N-methyl/N-ethyl adjacent to an activating group) is 1. The molecule has 0 N–H and O–H groups in total. The molecule has 1 unspecified atom stereocenters. The minimum atomic E-state index is -0.463. The van der Waals surface area contributed by atoms with Gasteiger partial charge < -0.3 is 14.4 Å². The third-order valence-corrected chi connectivity index (χ3v) is 3.26. The standard InChI is InChI=1S/C14H26N2O3/c1-11(17)6-7-12-10-16(9-8-15(12)5)13(18)19-14(2,3)4/h12H,6-10H2,1-5H3. The Balaban J connectivity index is 2.53. The van der Waals surface area contributed by atoms with E-state index in [-0.39, 0.29) is 17.9 Å². The van der Waals surface area contributed by atoms with Crippen LogP contribution in [0.1, 0.15) is 40.5 Å². The predicted octanol–water partition coefficient (Wildman–Crippen LogP) is 1.91. The highest BCUT2D eigenvalue weighted by Gasteiger charge is 2.30. The molecule has 110 valence electrons. The zero-order valence-corrected chi connectivity index (χ0v) is 12.7. The summed E-state index contributed by atoms with van der Waals surface area (Å²) in [6.45, 7) is 9.35. The summed E-state index contributed by atoms with van der Waals surface area (Å²) >= 11 is 0. The SMILES string of the molecule is CC(=O)CCC1CN(C(=O)OC(C)(C)C)CCN1C. The Morgan fingerprint density at radius 3 is 2.42 bits per heavy atom. The van der Waals surface area contributed by atoms with E-state index in [0.29, 0.717) is 19.5 Å². The van der Waals surface area contributed by atoms with Crippen molar-refractivity contribution >= 4 is 11.9 Å². The fraction of sp³-hybridized carbons (Fsp3) is 0.857. The van der Waals surface area contributed by atoms with Crippen LogP contribution in [0.3, 0.4) is 0 Å². The number of piperazine rings is 1. The Bertz CT molecular complexity index is 336. The Hall–Kier alpha value is -1.10. The van der Waals surface area contributed by atoms with Crippen LogP contribution >= 0.6 is 0 Å². The average Bonchev–Trinajstić information content (AvgIpc) is 2.25. The molecule has 0 aliphatic carbocycles. The molecular weight excluding hydrogens is 244 g/mol. The van der Waals surface area contributed by atoms with E-state index >= 15 is 0 Å². The van der Waals surface area contributed by atoms with Gasteiger partial charge in [0.25, 0.3) is 0 Å². The zero-order valence-electron chi connectivity index (χ0n) is 12.7. The molecule has 0 saturated carbocycles. The van der Waals surface area contributed by atoms with E-state index in [1.54, 1.807) is 11.8 Å². The van der Waals surface area contributed by atoms with Crippen LogP contribution in [-0.2, 0) is 9.53 Å². The molecule has 0 aromatic rings. The first-order valence-corrected chi connectivity index (χ1v) is 6.86. The first-order chi connectivity index (χ1) is 8.69. The third kappa shape index (κ3) is 5.59. The number of hydrogen-bond donors (Lipinski definition) is 0. The predicted molar refractivity (Wildman–Crippen MR) is 74.1 cm³/mol. The van der Waals surface area contributed by atoms with Gasteiger partial charge in [-0.1, -0.05) is 0 Å². The number of ether oxygens (including phenoxy) is 1. The van der Waals surface area contributed by atoms with Crippen LogP contribution in [0.2, 0.25) is 0 Å². The molecule has 1 heterocycles. The minimum Gasteiger partial charge on any atom is -0.444 e. The fourth-order valence-corrected chi connectivity index (χ4v) is 2.12. The topological polar surface area (TPSA) is 49.9 Å². The van der Waals surface area contributed by atoms with Crippen LogP contribution in [0.15, 0.2) is 0 Å². The van der Waals surface area contributed by atoms with Crippen molar-refractivity contribution in [2.24, 2.45) is 0 Å². The summed E-state index contributed by atoms with van der Waals surface area (Å²) in [7, 11) is 2.04. The van der Waals surface area contributed by atoms with Gasteiger partial charge in [0.15, 0.2) is 0 Å². The molecule has 0 bridgehead atoms. The smallest absolute Gasteiger partial charge is 0.410 e. The Labute approximate surface area is 115 Å². The van der Waals surface area contributed by atoms with Crippen molar-refractivity contribution in [2.75, 3.05) is 26.7 Å². The van der Waals surface area contributed by atoms with Gasteiger partial charge in [0.1, 0.15) is 11.4 Å². The second-order valence-electron chi connectivity index (χ2n) is 6.30. The second-order valence-corrected chi connectivity index (χ2v) is 6.30. The normalized spacial score (nSPS) is 21.3. The van der Waals surface area contributed by atoms with Gasteiger partial charge in [0.2, 0.25) is 0 Å². The molecule has 1 amide bonds. The van der Waals surface area contributed by atoms with Crippen molar-refractivity contribution < 1.29 is 14.3 Å². The van der Waals surface area contributed by atoms with E-state index in [1.807, 2.05) is 27.8 Å². The van der Waals surface area contributed by atoms with Crippen LogP contribution in [0.4, 0.5) is 4.79 Å². The number of nitrogens with zero attached hydrogens (tertiary/aromatic N) is 2. The lowest BCUT2D eigenvalue weighted by atomic mass is 10.1. The highest BCUT2D eigenvalue weighted by Crippen LogP contribution is 2.16. The van der Waals surface area contributed by atoms with Crippen molar-refractivity contribution in [2.45, 2.75) is 52.2 Å². The summed E-state index contributed by atoms with van der Waals surface area (Å²) in [6, 6.07) is 0.241. The summed E-state index contributed by atoms with van der Waals surface area (Å²) in [5, 5.41) is 0. The molecule has 1 aliphatic heterocycles. The number of Topliss-reactive ketones (excluding diaryl/α,β-unsaturated/α-hetero) is 1. The van der Waals surface area contributed by atoms with E-state index in [1.165, 1.54) is 0 Å². The molecular formula is C14H26N2O3. The molecule has 1 rings (SSSR count). The maximum atomic E-state index is 12.0. The molecule has 19 heavy (non-hydrogen) atoms. The minimum absolute atomic E-state index is 0.197. The van der Waals surface area contributed by atoms with Gasteiger partial charge in [0, 0.05) is 32.1 Å². The van der Waals surface area contributed by atoms with Gasteiger partial charge in [-0.2, -0.15) is 0 Å². The van der Waals surface area contributed by atoms with E-state index in [9.17, 15) is 9.59 Å². The highest BCUT2D eigenvalue weighted by molar-refractivity contribution is 5.75. The maximum absolute atomic E-state index is 12.0. The molecule has 0 aromatic carbocycles. The van der Waals surface area contributed by atoms with E-state index in [4.69, 9.17) is 4.74 Å². The van der Waals surface area contributed by atoms with Gasteiger partial charge in [-0.25, -0.2) is 4.79 Å². The van der Waals surface area contributed by atoms with Crippen LogP contribution in [0, 0.1) is 0 Å². The second kappa shape index (κ2) is 6.37. The molecule has 5 heteroatoms. The molecule has 1 fully saturated rings. The lowest BCUT2D eigenvalue weighted by molar-refractivity contribution is -0.117. The summed E-state index contributed by atoms with van der Waals surface area (Å²) in [5.41, 5.74) is -0.463. The molecule has 0 aromatic heterocycles. The molecule has 1 atom stereocenters. The Kier molecular flexibility index (Phi) is 5.35. The summed E-state index contributed by atoms with van der Waals surface area (Å²) in [5.74, 6) is 0.197. The third-order valence-electron chi connectivity index (χ3n) is 3.26.